The Kier molecular flexibility index (Phi) is 6.55. The summed E-state index contributed by atoms with van der Waals surface area (Å²) in [6.07, 6.45) is 0.0679. The summed E-state index contributed by atoms with van der Waals surface area (Å²) in [4.78, 5) is 13.5. The molecule has 2 aliphatic heterocycles. The number of sulfonamides is 1. The summed E-state index contributed by atoms with van der Waals surface area (Å²) in [5, 5.41) is 9.36. The monoisotopic (exact) mass is 524 g/mol. The highest BCUT2D eigenvalue weighted by Crippen LogP contribution is 2.48. The van der Waals surface area contributed by atoms with Gasteiger partial charge in [0.2, 0.25) is 10.0 Å². The van der Waals surface area contributed by atoms with Gasteiger partial charge in [-0.2, -0.15) is 4.31 Å². The number of rotatable bonds is 6. The van der Waals surface area contributed by atoms with Crippen LogP contribution in [0.4, 0.5) is 14.5 Å². The number of anilines is 1. The largest absolute Gasteiger partial charge is 0.488 e. The molecule has 2 heterocycles. The van der Waals surface area contributed by atoms with Crippen LogP contribution in [-0.2, 0) is 21.4 Å². The first-order chi connectivity index (χ1) is 16.7. The number of carboxylic acid groups (broad SMARTS) is 1. The number of ether oxygens (including phenoxy) is 2. The molecule has 1 N–H and O–H groups in total. The van der Waals surface area contributed by atoms with Crippen molar-refractivity contribution in [3.05, 3.63) is 41.0 Å². The molecular formula is C25H30F2N2O6S. The zero-order chi connectivity index (χ0) is 26.7. The Morgan fingerprint density at radius 3 is 2.47 bits per heavy atom. The first-order valence-corrected chi connectivity index (χ1v) is 13.0. The summed E-state index contributed by atoms with van der Waals surface area (Å²) in [6.45, 7) is 7.87. The van der Waals surface area contributed by atoms with Crippen molar-refractivity contribution in [3.8, 4) is 16.9 Å². The number of hydrogen-bond donors (Lipinski definition) is 1. The van der Waals surface area contributed by atoms with Gasteiger partial charge in [-0.3, -0.25) is 0 Å². The second-order valence-electron chi connectivity index (χ2n) is 10.2. The van der Waals surface area contributed by atoms with Crippen LogP contribution in [0.3, 0.4) is 0 Å². The molecule has 36 heavy (non-hydrogen) atoms. The normalized spacial score (nSPS) is 18.9. The summed E-state index contributed by atoms with van der Waals surface area (Å²) in [7, 11) is -0.880. The Hall–Kier alpha value is -2.76. The van der Waals surface area contributed by atoms with E-state index in [2.05, 4.69) is 0 Å². The number of carbonyl (C=O) groups is 1. The van der Waals surface area contributed by atoms with Crippen molar-refractivity contribution in [1.82, 2.24) is 4.31 Å². The number of fused-ring (bicyclic) bond motifs is 4. The Balaban J connectivity index is 1.98. The fraction of sp³-hybridized carbons (Fsp3) is 0.480. The molecule has 0 unspecified atom stereocenters. The third kappa shape index (κ3) is 4.22. The number of methoxy groups -OCH3 is 1. The van der Waals surface area contributed by atoms with Gasteiger partial charge in [0.15, 0.2) is 11.6 Å². The molecule has 2 aromatic rings. The highest BCUT2D eigenvalue weighted by molar-refractivity contribution is 7.89. The molecule has 0 saturated carbocycles. The molecule has 8 nitrogen and oxygen atoms in total. The van der Waals surface area contributed by atoms with Gasteiger partial charge < -0.3 is 19.5 Å². The molecule has 11 heteroatoms. The van der Waals surface area contributed by atoms with Crippen molar-refractivity contribution >= 4 is 21.7 Å². The number of halogens is 2. The summed E-state index contributed by atoms with van der Waals surface area (Å²) in [5.74, 6) is -3.99. The van der Waals surface area contributed by atoms with Gasteiger partial charge in [0.05, 0.1) is 23.0 Å². The van der Waals surface area contributed by atoms with Crippen LogP contribution in [0, 0.1) is 17.6 Å². The quantitative estimate of drug-likeness (QED) is 0.596. The maximum absolute atomic E-state index is 14.7. The van der Waals surface area contributed by atoms with Gasteiger partial charge in [0.25, 0.3) is 0 Å². The average molecular weight is 525 g/mol. The van der Waals surface area contributed by atoms with Crippen LogP contribution in [0.1, 0.15) is 50.0 Å². The van der Waals surface area contributed by atoms with E-state index in [4.69, 9.17) is 9.47 Å². The molecule has 0 spiro atoms. The second-order valence-corrected chi connectivity index (χ2v) is 12.2. The lowest BCUT2D eigenvalue weighted by molar-refractivity contribution is 0.0246. The highest BCUT2D eigenvalue weighted by atomic mass is 32.2. The Morgan fingerprint density at radius 2 is 1.89 bits per heavy atom. The van der Waals surface area contributed by atoms with E-state index in [-0.39, 0.29) is 39.9 Å². The standard InChI is InChI=1S/C25H30F2N2O6S/c1-13(2)7-21-28(5)36(32,33)20-9-15-14-8-16(24(30)31)22(26)23(27)17(14)11-35-19(15)10-18(20)29(21)12-25(3,4)34-6/h8-10,13,21H,7,11-12H2,1-6H3,(H,30,31)/t21-/m0/s1. The minimum absolute atomic E-state index is 0.0336. The molecule has 2 aromatic carbocycles. The van der Waals surface area contributed by atoms with Crippen molar-refractivity contribution < 1.29 is 36.6 Å². The van der Waals surface area contributed by atoms with Gasteiger partial charge in [0.1, 0.15) is 17.3 Å². The van der Waals surface area contributed by atoms with E-state index in [0.717, 1.165) is 6.07 Å². The summed E-state index contributed by atoms with van der Waals surface area (Å²) < 4.78 is 69.1. The van der Waals surface area contributed by atoms with Gasteiger partial charge in [-0.25, -0.2) is 22.0 Å². The van der Waals surface area contributed by atoms with Crippen LogP contribution in [-0.4, -0.2) is 56.3 Å². The first kappa shape index (κ1) is 26.3. The second kappa shape index (κ2) is 8.97. The van der Waals surface area contributed by atoms with Crippen LogP contribution in [0.25, 0.3) is 11.1 Å². The molecule has 1 atom stereocenters. The predicted molar refractivity (Wildman–Crippen MR) is 130 cm³/mol. The van der Waals surface area contributed by atoms with Gasteiger partial charge in [0, 0.05) is 37.9 Å². The minimum atomic E-state index is -3.98. The van der Waals surface area contributed by atoms with Crippen LogP contribution >= 0.6 is 0 Å². The van der Waals surface area contributed by atoms with Crippen LogP contribution in [0.2, 0.25) is 0 Å². The van der Waals surface area contributed by atoms with Gasteiger partial charge in [-0.1, -0.05) is 13.8 Å². The highest BCUT2D eigenvalue weighted by Gasteiger charge is 2.44. The maximum Gasteiger partial charge on any atom is 0.338 e. The SMILES string of the molecule is COC(C)(C)CN1c2cc3c(cc2S(=O)(=O)N(C)[C@@H]1CC(C)C)-c1cc(C(=O)O)c(F)c(F)c1CO3. The third-order valence-corrected chi connectivity index (χ3v) is 8.68. The van der Waals surface area contributed by atoms with E-state index in [0.29, 0.717) is 18.7 Å². The van der Waals surface area contributed by atoms with Crippen LogP contribution in [0.5, 0.6) is 5.75 Å². The minimum Gasteiger partial charge on any atom is -0.488 e. The topological polar surface area (TPSA) is 96.4 Å². The summed E-state index contributed by atoms with van der Waals surface area (Å²) in [6, 6.07) is 3.96. The fourth-order valence-corrected chi connectivity index (χ4v) is 6.23. The molecule has 0 bridgehead atoms. The van der Waals surface area contributed by atoms with Gasteiger partial charge >= 0.3 is 5.97 Å². The lowest BCUT2D eigenvalue weighted by Crippen LogP contribution is -2.57. The van der Waals surface area contributed by atoms with E-state index in [1.807, 2.05) is 32.6 Å². The molecule has 0 aliphatic carbocycles. The Labute approximate surface area is 209 Å². The van der Waals surface area contributed by atoms with Crippen molar-refractivity contribution in [3.63, 3.8) is 0 Å². The number of nitrogens with zero attached hydrogens (tertiary/aromatic N) is 2. The van der Waals surface area contributed by atoms with Crippen molar-refractivity contribution in [2.24, 2.45) is 5.92 Å². The maximum atomic E-state index is 14.7. The Morgan fingerprint density at radius 1 is 1.22 bits per heavy atom. The lowest BCUT2D eigenvalue weighted by Gasteiger charge is -2.47. The van der Waals surface area contributed by atoms with Crippen LogP contribution < -0.4 is 9.64 Å². The molecule has 2 aliphatic rings. The molecule has 0 fully saturated rings. The smallest absolute Gasteiger partial charge is 0.338 e. The molecule has 0 radical (unpaired) electrons. The zero-order valence-corrected chi connectivity index (χ0v) is 21.9. The average Bonchev–Trinajstić information content (AvgIpc) is 2.80. The van der Waals surface area contributed by atoms with Crippen molar-refractivity contribution in [2.45, 2.75) is 57.4 Å². The summed E-state index contributed by atoms with van der Waals surface area (Å²) in [5.41, 5.74) is -0.941. The van der Waals surface area contributed by atoms with E-state index >= 15 is 0 Å². The van der Waals surface area contributed by atoms with E-state index in [9.17, 15) is 27.1 Å². The first-order valence-electron chi connectivity index (χ1n) is 11.5. The number of aromatic carboxylic acids is 1. The fourth-order valence-electron chi connectivity index (χ4n) is 4.70. The molecular weight excluding hydrogens is 494 g/mol. The van der Waals surface area contributed by atoms with Crippen molar-refractivity contribution in [2.75, 3.05) is 25.6 Å². The van der Waals surface area contributed by atoms with Crippen molar-refractivity contribution in [1.29, 1.82) is 0 Å². The lowest BCUT2D eigenvalue weighted by atomic mass is 9.93. The molecule has 4 rings (SSSR count). The third-order valence-electron chi connectivity index (χ3n) is 6.79. The van der Waals surface area contributed by atoms with Gasteiger partial charge in [-0.15, -0.1) is 0 Å². The van der Waals surface area contributed by atoms with E-state index < -0.39 is 45.0 Å². The van der Waals surface area contributed by atoms with E-state index in [1.54, 1.807) is 13.2 Å². The zero-order valence-electron chi connectivity index (χ0n) is 21.1. The van der Waals surface area contributed by atoms with Gasteiger partial charge in [-0.05, 0) is 43.9 Å². The molecule has 0 amide bonds. The van der Waals surface area contributed by atoms with E-state index in [1.165, 1.54) is 17.4 Å². The number of hydrogen-bond acceptors (Lipinski definition) is 6. The van der Waals surface area contributed by atoms with Crippen LogP contribution in [0.15, 0.2) is 23.1 Å². The predicted octanol–water partition coefficient (Wildman–Crippen LogP) is 4.46. The molecule has 0 aromatic heterocycles. The molecule has 196 valence electrons. The Bertz CT molecular complexity index is 1340. The molecule has 0 saturated heterocycles. The number of benzene rings is 2. The number of carboxylic acids is 1. The summed E-state index contributed by atoms with van der Waals surface area (Å²) >= 11 is 0.